The number of nitrogens with zero attached hydrogens (tertiary/aromatic N) is 1. The van der Waals surface area contributed by atoms with Gasteiger partial charge in [-0.25, -0.2) is 0 Å². The molecule has 0 spiro atoms. The van der Waals surface area contributed by atoms with Crippen molar-refractivity contribution in [3.63, 3.8) is 0 Å². The van der Waals surface area contributed by atoms with Gasteiger partial charge in [-0.15, -0.1) is 0 Å². The minimum absolute atomic E-state index is 0.557. The molecular formula is C10H13ClN4. The lowest BCUT2D eigenvalue weighted by atomic mass is 10.2. The number of benzene rings is 1. The fraction of sp³-hybridized carbons (Fsp3) is 0.300. The predicted molar refractivity (Wildman–Crippen MR) is 64.5 cm³/mol. The van der Waals surface area contributed by atoms with E-state index in [0.29, 0.717) is 10.7 Å². The second-order valence-corrected chi connectivity index (χ2v) is 3.88. The van der Waals surface area contributed by atoms with E-state index in [0.717, 1.165) is 30.3 Å². The van der Waals surface area contributed by atoms with Crippen LogP contribution in [0.15, 0.2) is 17.1 Å². The minimum atomic E-state index is 0.557. The Bertz CT molecular complexity index is 414. The van der Waals surface area contributed by atoms with Gasteiger partial charge in [0.25, 0.3) is 0 Å². The number of hydrogen-bond acceptors (Lipinski definition) is 4. The molecule has 1 aliphatic heterocycles. The van der Waals surface area contributed by atoms with Crippen molar-refractivity contribution in [1.29, 1.82) is 0 Å². The van der Waals surface area contributed by atoms with Crippen LogP contribution < -0.4 is 16.4 Å². The van der Waals surface area contributed by atoms with Crippen LogP contribution in [0, 0.1) is 6.92 Å². The topological polar surface area (TPSA) is 62.4 Å². The van der Waals surface area contributed by atoms with Gasteiger partial charge < -0.3 is 16.4 Å². The Morgan fingerprint density at radius 2 is 2.33 bits per heavy atom. The molecule has 0 saturated heterocycles. The Balaban J connectivity index is 2.24. The molecule has 4 nitrogen and oxygen atoms in total. The standard InChI is InChI=1S/C10H13ClN4/c1-6-4-8(12)7(11)5-9(6)15-10-13-2-3-14-10/h4-5H,2-3,12H2,1H3,(H2,13,14,15). The molecule has 0 unspecified atom stereocenters. The first-order valence-electron chi connectivity index (χ1n) is 4.78. The van der Waals surface area contributed by atoms with Gasteiger partial charge in [0.2, 0.25) is 0 Å². The summed E-state index contributed by atoms with van der Waals surface area (Å²) in [5.74, 6) is 0.791. The number of hydrogen-bond donors (Lipinski definition) is 3. The lowest BCUT2D eigenvalue weighted by Gasteiger charge is -2.11. The molecule has 15 heavy (non-hydrogen) atoms. The van der Waals surface area contributed by atoms with E-state index in [-0.39, 0.29) is 0 Å². The third kappa shape index (κ3) is 2.15. The molecular weight excluding hydrogens is 212 g/mol. The van der Waals surface area contributed by atoms with E-state index in [9.17, 15) is 0 Å². The first-order valence-corrected chi connectivity index (χ1v) is 5.15. The lowest BCUT2D eigenvalue weighted by Crippen LogP contribution is -2.26. The van der Waals surface area contributed by atoms with E-state index in [4.69, 9.17) is 17.3 Å². The summed E-state index contributed by atoms with van der Waals surface area (Å²) in [5, 5.41) is 6.86. The second-order valence-electron chi connectivity index (χ2n) is 3.47. The summed E-state index contributed by atoms with van der Waals surface area (Å²) < 4.78 is 0. The van der Waals surface area contributed by atoms with Crippen molar-refractivity contribution in [2.75, 3.05) is 24.1 Å². The van der Waals surface area contributed by atoms with Crippen LogP contribution in [0.1, 0.15) is 5.56 Å². The maximum Gasteiger partial charge on any atom is 0.195 e. The highest BCUT2D eigenvalue weighted by Gasteiger charge is 2.08. The Morgan fingerprint density at radius 3 is 3.00 bits per heavy atom. The SMILES string of the molecule is Cc1cc(N)c(Cl)cc1NC1=NCCN1. The van der Waals surface area contributed by atoms with E-state index in [1.807, 2.05) is 19.1 Å². The third-order valence-corrected chi connectivity index (χ3v) is 2.60. The molecule has 0 fully saturated rings. The Hall–Kier alpha value is -1.42. The third-order valence-electron chi connectivity index (χ3n) is 2.27. The van der Waals surface area contributed by atoms with E-state index < -0.39 is 0 Å². The summed E-state index contributed by atoms with van der Waals surface area (Å²) in [6, 6.07) is 3.66. The second kappa shape index (κ2) is 3.98. The molecule has 0 radical (unpaired) electrons. The highest BCUT2D eigenvalue weighted by atomic mass is 35.5. The Labute approximate surface area is 93.5 Å². The van der Waals surface area contributed by atoms with Crippen molar-refractivity contribution in [2.24, 2.45) is 4.99 Å². The Morgan fingerprint density at radius 1 is 1.53 bits per heavy atom. The number of nitrogen functional groups attached to an aromatic ring is 1. The van der Waals surface area contributed by atoms with Crippen molar-refractivity contribution >= 4 is 28.9 Å². The van der Waals surface area contributed by atoms with Crippen molar-refractivity contribution in [3.05, 3.63) is 22.7 Å². The fourth-order valence-corrected chi connectivity index (χ4v) is 1.61. The van der Waals surface area contributed by atoms with Crippen LogP contribution in [0.5, 0.6) is 0 Å². The summed E-state index contributed by atoms with van der Waals surface area (Å²) in [7, 11) is 0. The monoisotopic (exact) mass is 224 g/mol. The molecule has 0 aromatic heterocycles. The average Bonchev–Trinajstić information content (AvgIpc) is 2.67. The summed E-state index contributed by atoms with van der Waals surface area (Å²) in [5.41, 5.74) is 8.27. The largest absolute Gasteiger partial charge is 0.398 e. The molecule has 4 N–H and O–H groups in total. The molecule has 1 heterocycles. The number of nitrogens with two attached hydrogens (primary N) is 1. The van der Waals surface area contributed by atoms with Gasteiger partial charge >= 0.3 is 0 Å². The van der Waals surface area contributed by atoms with E-state index in [1.54, 1.807) is 0 Å². The van der Waals surface area contributed by atoms with Crippen LogP contribution in [-0.4, -0.2) is 19.0 Å². The maximum absolute atomic E-state index is 5.95. The van der Waals surface area contributed by atoms with E-state index >= 15 is 0 Å². The maximum atomic E-state index is 5.95. The number of aryl methyl sites for hydroxylation is 1. The number of halogens is 1. The Kier molecular flexibility index (Phi) is 2.68. The van der Waals surface area contributed by atoms with E-state index in [2.05, 4.69) is 15.6 Å². The summed E-state index contributed by atoms with van der Waals surface area (Å²) >= 11 is 5.95. The van der Waals surface area contributed by atoms with Gasteiger partial charge in [0, 0.05) is 12.2 Å². The smallest absolute Gasteiger partial charge is 0.195 e. The number of anilines is 2. The van der Waals surface area contributed by atoms with Crippen molar-refractivity contribution in [3.8, 4) is 0 Å². The molecule has 2 rings (SSSR count). The van der Waals surface area contributed by atoms with Gasteiger partial charge in [0.15, 0.2) is 5.96 Å². The van der Waals surface area contributed by atoms with Crippen LogP contribution in [-0.2, 0) is 0 Å². The zero-order valence-corrected chi connectivity index (χ0v) is 9.23. The molecule has 1 aromatic rings. The van der Waals surface area contributed by atoms with Gasteiger partial charge in [-0.05, 0) is 24.6 Å². The molecule has 0 amide bonds. The quantitative estimate of drug-likeness (QED) is 0.635. The van der Waals surface area contributed by atoms with Crippen molar-refractivity contribution in [1.82, 2.24) is 5.32 Å². The van der Waals surface area contributed by atoms with Crippen molar-refractivity contribution in [2.45, 2.75) is 6.92 Å². The van der Waals surface area contributed by atoms with Crippen LogP contribution in [0.2, 0.25) is 5.02 Å². The number of aliphatic imine (C=N–C) groups is 1. The number of nitrogens with one attached hydrogen (secondary N) is 2. The molecule has 80 valence electrons. The van der Waals surface area contributed by atoms with Crippen molar-refractivity contribution < 1.29 is 0 Å². The molecule has 1 aromatic carbocycles. The normalized spacial score (nSPS) is 14.7. The average molecular weight is 225 g/mol. The summed E-state index contributed by atoms with van der Waals surface area (Å²) in [6.07, 6.45) is 0. The first-order chi connectivity index (χ1) is 7.16. The van der Waals surface area contributed by atoms with Crippen LogP contribution in [0.4, 0.5) is 11.4 Å². The highest BCUT2D eigenvalue weighted by molar-refractivity contribution is 6.33. The molecule has 0 aliphatic carbocycles. The molecule has 0 saturated carbocycles. The van der Waals surface area contributed by atoms with Gasteiger partial charge in [-0.1, -0.05) is 11.6 Å². The fourth-order valence-electron chi connectivity index (χ4n) is 1.45. The highest BCUT2D eigenvalue weighted by Crippen LogP contribution is 2.26. The zero-order chi connectivity index (χ0) is 10.8. The molecule has 5 heteroatoms. The van der Waals surface area contributed by atoms with Crippen LogP contribution in [0.25, 0.3) is 0 Å². The zero-order valence-electron chi connectivity index (χ0n) is 8.47. The molecule has 0 bridgehead atoms. The van der Waals surface area contributed by atoms with Crippen LogP contribution in [0.3, 0.4) is 0 Å². The predicted octanol–water partition coefficient (Wildman–Crippen LogP) is 1.60. The van der Waals surface area contributed by atoms with Gasteiger partial charge in [0.1, 0.15) is 0 Å². The van der Waals surface area contributed by atoms with E-state index in [1.165, 1.54) is 0 Å². The number of guanidine groups is 1. The van der Waals surface area contributed by atoms with Gasteiger partial charge in [-0.2, -0.15) is 0 Å². The van der Waals surface area contributed by atoms with Crippen LogP contribution >= 0.6 is 11.6 Å². The number of rotatable bonds is 1. The van der Waals surface area contributed by atoms with Gasteiger partial charge in [0.05, 0.1) is 17.3 Å². The summed E-state index contributed by atoms with van der Waals surface area (Å²) in [6.45, 7) is 3.67. The summed E-state index contributed by atoms with van der Waals surface area (Å²) in [4.78, 5) is 4.24. The van der Waals surface area contributed by atoms with Gasteiger partial charge in [-0.3, -0.25) is 4.99 Å². The lowest BCUT2D eigenvalue weighted by molar-refractivity contribution is 0.959. The molecule has 1 aliphatic rings. The molecule has 0 atom stereocenters. The first kappa shape index (κ1) is 10.1. The minimum Gasteiger partial charge on any atom is -0.398 e.